The first-order chi connectivity index (χ1) is 8.34. The van der Waals surface area contributed by atoms with Crippen LogP contribution in [0.25, 0.3) is 0 Å². The van der Waals surface area contributed by atoms with Gasteiger partial charge in [0.2, 0.25) is 0 Å². The number of aromatic nitrogens is 1. The molecule has 18 heavy (non-hydrogen) atoms. The van der Waals surface area contributed by atoms with Crippen molar-refractivity contribution < 1.29 is 4.79 Å². The summed E-state index contributed by atoms with van der Waals surface area (Å²) in [6.07, 6.45) is 4.14. The number of alkyl halides is 1. The van der Waals surface area contributed by atoms with Crippen molar-refractivity contribution in [1.29, 1.82) is 0 Å². The summed E-state index contributed by atoms with van der Waals surface area (Å²) in [5.41, 5.74) is 0.608. The van der Waals surface area contributed by atoms with Gasteiger partial charge in [-0.15, -0.1) is 0 Å². The van der Waals surface area contributed by atoms with E-state index < -0.39 is 0 Å². The highest BCUT2D eigenvalue weighted by Gasteiger charge is 2.25. The predicted octanol–water partition coefficient (Wildman–Crippen LogP) is 3.77. The highest BCUT2D eigenvalue weighted by Crippen LogP contribution is 2.23. The Labute approximate surface area is 125 Å². The summed E-state index contributed by atoms with van der Waals surface area (Å²) in [6.45, 7) is 6.37. The first-order valence-electron chi connectivity index (χ1n) is 5.82. The Kier molecular flexibility index (Phi) is 5.79. The summed E-state index contributed by atoms with van der Waals surface area (Å²) in [6, 6.07) is 1.90. The lowest BCUT2D eigenvalue weighted by atomic mass is 9.85. The van der Waals surface area contributed by atoms with Crippen LogP contribution in [0.4, 0.5) is 0 Å². The van der Waals surface area contributed by atoms with E-state index in [4.69, 9.17) is 0 Å². The number of hydrogen-bond donors (Lipinski definition) is 1. The maximum absolute atomic E-state index is 12.1. The van der Waals surface area contributed by atoms with E-state index in [2.05, 4.69) is 62.9 Å². The fraction of sp³-hybridized carbons (Fsp3) is 0.538. The number of carbonyl (C=O) groups excluding carboxylic acids is 1. The normalized spacial score (nSPS) is 13.2. The summed E-state index contributed by atoms with van der Waals surface area (Å²) in [4.78, 5) is 16.1. The Morgan fingerprint density at radius 1 is 1.44 bits per heavy atom. The van der Waals surface area contributed by atoms with E-state index in [1.165, 1.54) is 0 Å². The number of nitrogens with one attached hydrogen (secondary N) is 1. The molecule has 0 aliphatic carbocycles. The van der Waals surface area contributed by atoms with Gasteiger partial charge in [0.05, 0.1) is 5.56 Å². The summed E-state index contributed by atoms with van der Waals surface area (Å²) in [5, 5.41) is 3.94. The molecule has 0 saturated heterocycles. The Morgan fingerprint density at radius 3 is 2.61 bits per heavy atom. The third kappa shape index (κ3) is 4.69. The van der Waals surface area contributed by atoms with Crippen LogP contribution in [0.5, 0.6) is 0 Å². The monoisotopic (exact) mass is 376 g/mol. The Hall–Kier alpha value is -0.420. The van der Waals surface area contributed by atoms with Crippen molar-refractivity contribution in [3.05, 3.63) is 28.5 Å². The maximum atomic E-state index is 12.1. The Balaban J connectivity index is 2.79. The summed E-state index contributed by atoms with van der Waals surface area (Å²) < 4.78 is 0.808. The van der Waals surface area contributed by atoms with Crippen molar-refractivity contribution in [2.24, 2.45) is 5.41 Å². The van der Waals surface area contributed by atoms with Gasteiger partial charge in [0.25, 0.3) is 5.91 Å². The third-order valence-corrected chi connectivity index (χ3v) is 3.61. The first-order valence-corrected chi connectivity index (χ1v) is 7.73. The number of nitrogens with zero attached hydrogens (tertiary/aromatic N) is 1. The first kappa shape index (κ1) is 15.6. The van der Waals surface area contributed by atoms with Gasteiger partial charge in [-0.2, -0.15) is 0 Å². The van der Waals surface area contributed by atoms with Crippen molar-refractivity contribution in [2.45, 2.75) is 33.2 Å². The number of hydrogen-bond acceptors (Lipinski definition) is 2. The molecule has 1 unspecified atom stereocenters. The molecule has 1 aromatic heterocycles. The summed E-state index contributed by atoms with van der Waals surface area (Å²) in [5.74, 6) is -0.0790. The molecule has 1 rings (SSSR count). The zero-order valence-electron chi connectivity index (χ0n) is 10.8. The molecule has 0 spiro atoms. The molecule has 0 aliphatic heterocycles. The molecule has 1 amide bonds. The molecule has 5 heteroatoms. The average molecular weight is 378 g/mol. The maximum Gasteiger partial charge on any atom is 0.253 e. The molecular formula is C13H18Br2N2O. The quantitative estimate of drug-likeness (QED) is 0.811. The largest absolute Gasteiger partial charge is 0.349 e. The van der Waals surface area contributed by atoms with Gasteiger partial charge < -0.3 is 5.32 Å². The standard InChI is InChI=1S/C13H18Br2N2O/c1-13(2,3)11(4-5-14)17-12(18)9-6-10(15)8-16-7-9/h6-8,11H,4-5H2,1-3H3,(H,17,18). The zero-order chi connectivity index (χ0) is 13.8. The van der Waals surface area contributed by atoms with E-state index in [9.17, 15) is 4.79 Å². The Morgan fingerprint density at radius 2 is 2.11 bits per heavy atom. The van der Waals surface area contributed by atoms with E-state index in [0.717, 1.165) is 16.2 Å². The van der Waals surface area contributed by atoms with Crippen LogP contribution in [-0.4, -0.2) is 22.3 Å². The molecule has 0 saturated carbocycles. The second-order valence-corrected chi connectivity index (χ2v) is 6.97. The molecule has 1 heterocycles. The van der Waals surface area contributed by atoms with E-state index in [1.807, 2.05) is 0 Å². The predicted molar refractivity (Wildman–Crippen MR) is 81.1 cm³/mol. The molecule has 0 radical (unpaired) electrons. The number of pyridine rings is 1. The third-order valence-electron chi connectivity index (χ3n) is 2.72. The molecule has 100 valence electrons. The fourth-order valence-electron chi connectivity index (χ4n) is 1.61. The minimum absolute atomic E-state index is 0.0306. The van der Waals surface area contributed by atoms with Gasteiger partial charge >= 0.3 is 0 Å². The molecule has 0 bridgehead atoms. The molecule has 0 aromatic carbocycles. The van der Waals surface area contributed by atoms with Crippen molar-refractivity contribution >= 4 is 37.8 Å². The fourth-order valence-corrected chi connectivity index (χ4v) is 2.43. The number of rotatable bonds is 4. The molecule has 0 aliphatic rings. The Bertz CT molecular complexity index is 416. The molecule has 1 aromatic rings. The number of halogens is 2. The van der Waals surface area contributed by atoms with Gasteiger partial charge in [0, 0.05) is 28.2 Å². The summed E-state index contributed by atoms with van der Waals surface area (Å²) in [7, 11) is 0. The van der Waals surface area contributed by atoms with E-state index in [1.54, 1.807) is 18.5 Å². The van der Waals surface area contributed by atoms with Crippen molar-refractivity contribution in [3.8, 4) is 0 Å². The average Bonchev–Trinajstić information content (AvgIpc) is 2.27. The van der Waals surface area contributed by atoms with E-state index >= 15 is 0 Å². The minimum atomic E-state index is -0.0790. The van der Waals surface area contributed by atoms with Crippen LogP contribution in [0, 0.1) is 5.41 Å². The minimum Gasteiger partial charge on any atom is -0.349 e. The van der Waals surface area contributed by atoms with Gasteiger partial charge in [-0.05, 0) is 33.8 Å². The highest BCUT2D eigenvalue weighted by molar-refractivity contribution is 9.10. The van der Waals surface area contributed by atoms with Gasteiger partial charge in [0.1, 0.15) is 0 Å². The lowest BCUT2D eigenvalue weighted by Crippen LogP contribution is -2.44. The second kappa shape index (κ2) is 6.66. The van der Waals surface area contributed by atoms with Crippen LogP contribution >= 0.6 is 31.9 Å². The molecule has 0 fully saturated rings. The molecule has 1 atom stereocenters. The van der Waals surface area contributed by atoms with Crippen molar-refractivity contribution in [3.63, 3.8) is 0 Å². The smallest absolute Gasteiger partial charge is 0.253 e. The lowest BCUT2D eigenvalue weighted by Gasteiger charge is -2.31. The summed E-state index contributed by atoms with van der Waals surface area (Å²) >= 11 is 6.75. The van der Waals surface area contributed by atoms with Crippen molar-refractivity contribution in [1.82, 2.24) is 10.3 Å². The lowest BCUT2D eigenvalue weighted by molar-refractivity contribution is 0.0900. The van der Waals surface area contributed by atoms with Crippen LogP contribution in [0.2, 0.25) is 0 Å². The van der Waals surface area contributed by atoms with Gasteiger partial charge in [-0.1, -0.05) is 36.7 Å². The van der Waals surface area contributed by atoms with Crippen LogP contribution in [0.1, 0.15) is 37.6 Å². The van der Waals surface area contributed by atoms with E-state index in [0.29, 0.717) is 5.56 Å². The van der Waals surface area contributed by atoms with Crippen LogP contribution in [-0.2, 0) is 0 Å². The van der Waals surface area contributed by atoms with Crippen LogP contribution in [0.3, 0.4) is 0 Å². The zero-order valence-corrected chi connectivity index (χ0v) is 14.0. The SMILES string of the molecule is CC(C)(C)C(CCBr)NC(=O)c1cncc(Br)c1. The molecule has 1 N–H and O–H groups in total. The van der Waals surface area contributed by atoms with Crippen LogP contribution < -0.4 is 5.32 Å². The number of carbonyl (C=O) groups is 1. The highest BCUT2D eigenvalue weighted by atomic mass is 79.9. The van der Waals surface area contributed by atoms with Crippen molar-refractivity contribution in [2.75, 3.05) is 5.33 Å². The second-order valence-electron chi connectivity index (χ2n) is 5.26. The molecular weight excluding hydrogens is 360 g/mol. The van der Waals surface area contributed by atoms with Gasteiger partial charge in [-0.3, -0.25) is 9.78 Å². The molecule has 3 nitrogen and oxygen atoms in total. The van der Waals surface area contributed by atoms with E-state index in [-0.39, 0.29) is 17.4 Å². The number of amides is 1. The van der Waals surface area contributed by atoms with Gasteiger partial charge in [0.15, 0.2) is 0 Å². The van der Waals surface area contributed by atoms with Gasteiger partial charge in [-0.25, -0.2) is 0 Å². The topological polar surface area (TPSA) is 42.0 Å². The van der Waals surface area contributed by atoms with Crippen LogP contribution in [0.15, 0.2) is 22.9 Å².